The molecule has 1 saturated heterocycles. The van der Waals surface area contributed by atoms with E-state index in [1.54, 1.807) is 34.6 Å². The Bertz CT molecular complexity index is 1390. The molecule has 1 aromatic heterocycles. The molecule has 0 spiro atoms. The molecule has 13 nitrogen and oxygen atoms in total. The molecule has 0 radical (unpaired) electrons. The zero-order chi connectivity index (χ0) is 33.1. The molecular weight excluding hydrogens is 558 g/mol. The van der Waals surface area contributed by atoms with E-state index in [4.69, 9.17) is 0 Å². The van der Waals surface area contributed by atoms with Crippen molar-refractivity contribution in [1.82, 2.24) is 23.5 Å². The number of β-amino-alcohol motifs (C(OH)–C–C–N with tert-alkyl or cyclic N) is 1. The van der Waals surface area contributed by atoms with Crippen LogP contribution in [0.1, 0.15) is 81.1 Å². The number of amides is 4. The number of aliphatic hydroxyl groups is 2. The normalized spacial score (nSPS) is 17.4. The van der Waals surface area contributed by atoms with Gasteiger partial charge in [-0.25, -0.2) is 32.9 Å². The smallest absolute Gasteiger partial charge is 0.336 e. The number of carbonyl (C=O) groups excluding carboxylic acids is 3. The Morgan fingerprint density at radius 2 is 1.26 bits per heavy atom. The fraction of sp³-hybridized carbons (Fsp3) is 0.733. The van der Waals surface area contributed by atoms with Crippen molar-refractivity contribution in [2.24, 2.45) is 16.2 Å². The highest BCUT2D eigenvalue weighted by Gasteiger charge is 2.56. The van der Waals surface area contributed by atoms with Crippen molar-refractivity contribution in [1.29, 1.82) is 0 Å². The van der Waals surface area contributed by atoms with Crippen LogP contribution in [0.5, 0.6) is 0 Å². The maximum absolute atomic E-state index is 13.7. The van der Waals surface area contributed by atoms with Gasteiger partial charge in [0.25, 0.3) is 0 Å². The van der Waals surface area contributed by atoms with Crippen LogP contribution < -0.4 is 17.1 Å². The standard InChI is InChI=1S/C30H49N5O8/c1-10-14-29(8,9)19-35-23(39)30(12-3,13-4)22(38)32(26(35)42)16-20(36)17-33-24(40)31(15-11-2)25(41)34(27(33)43)18-21(37)28(5,6)7/h11,20-21,36-37H,2,10,12-19H2,1,3-9H3. The molecule has 242 valence electrons. The lowest BCUT2D eigenvalue weighted by molar-refractivity contribution is -0.161. The first-order chi connectivity index (χ1) is 19.8. The van der Waals surface area contributed by atoms with Gasteiger partial charge in [0, 0.05) is 6.54 Å². The monoisotopic (exact) mass is 607 g/mol. The van der Waals surface area contributed by atoms with Gasteiger partial charge in [0.05, 0.1) is 38.4 Å². The summed E-state index contributed by atoms with van der Waals surface area (Å²) >= 11 is 0. The summed E-state index contributed by atoms with van der Waals surface area (Å²) in [6.45, 7) is 16.1. The molecule has 0 aromatic carbocycles. The number of urea groups is 1. The Labute approximate surface area is 252 Å². The minimum absolute atomic E-state index is 0.0763. The highest BCUT2D eigenvalue weighted by atomic mass is 16.3. The number of barbiturate groups is 1. The highest BCUT2D eigenvalue weighted by Crippen LogP contribution is 2.38. The second-order valence-electron chi connectivity index (χ2n) is 13.3. The Morgan fingerprint density at radius 3 is 1.72 bits per heavy atom. The van der Waals surface area contributed by atoms with E-state index in [0.717, 1.165) is 31.8 Å². The number of allylic oxidation sites excluding steroid dienone is 1. The van der Waals surface area contributed by atoms with E-state index in [1.165, 1.54) is 6.08 Å². The summed E-state index contributed by atoms with van der Waals surface area (Å²) < 4.78 is 2.12. The van der Waals surface area contributed by atoms with Gasteiger partial charge in [0.1, 0.15) is 5.41 Å². The molecule has 0 saturated carbocycles. The summed E-state index contributed by atoms with van der Waals surface area (Å²) in [7, 11) is 0. The van der Waals surface area contributed by atoms with Gasteiger partial charge in [0.15, 0.2) is 0 Å². The van der Waals surface area contributed by atoms with Crippen molar-refractivity contribution < 1.29 is 24.6 Å². The number of nitrogens with zero attached hydrogens (tertiary/aromatic N) is 5. The molecule has 1 aliphatic heterocycles. The van der Waals surface area contributed by atoms with Gasteiger partial charge in [-0.3, -0.25) is 19.4 Å². The lowest BCUT2D eigenvalue weighted by Crippen LogP contribution is -2.67. The van der Waals surface area contributed by atoms with E-state index in [0.29, 0.717) is 4.57 Å². The summed E-state index contributed by atoms with van der Waals surface area (Å²) in [5.74, 6) is -1.32. The van der Waals surface area contributed by atoms with Crippen LogP contribution in [0.3, 0.4) is 0 Å². The van der Waals surface area contributed by atoms with Crippen LogP contribution in [0.25, 0.3) is 0 Å². The second kappa shape index (κ2) is 13.5. The third-order valence-electron chi connectivity index (χ3n) is 8.33. The second-order valence-corrected chi connectivity index (χ2v) is 13.3. The molecule has 2 unspecified atom stereocenters. The van der Waals surface area contributed by atoms with Gasteiger partial charge in [-0.15, -0.1) is 6.58 Å². The highest BCUT2D eigenvalue weighted by molar-refractivity contribution is 6.19. The number of aliphatic hydroxyl groups excluding tert-OH is 2. The van der Waals surface area contributed by atoms with Crippen molar-refractivity contribution in [2.45, 2.75) is 113 Å². The Kier molecular flexibility index (Phi) is 11.3. The van der Waals surface area contributed by atoms with Gasteiger partial charge in [-0.05, 0) is 30.1 Å². The number of rotatable bonds is 14. The van der Waals surface area contributed by atoms with Crippen molar-refractivity contribution in [3.05, 3.63) is 44.1 Å². The molecule has 1 aliphatic rings. The fourth-order valence-electron chi connectivity index (χ4n) is 5.47. The first-order valence-corrected chi connectivity index (χ1v) is 14.9. The third-order valence-corrected chi connectivity index (χ3v) is 8.33. The van der Waals surface area contributed by atoms with Gasteiger partial charge >= 0.3 is 23.1 Å². The maximum atomic E-state index is 13.7. The Morgan fingerprint density at radius 1 is 0.767 bits per heavy atom. The average Bonchev–Trinajstić information content (AvgIpc) is 2.92. The number of aromatic nitrogens is 3. The minimum atomic E-state index is -1.60. The van der Waals surface area contributed by atoms with Crippen LogP contribution in [-0.4, -0.2) is 76.9 Å². The average molecular weight is 608 g/mol. The Hall–Kier alpha value is -3.32. The van der Waals surface area contributed by atoms with Gasteiger partial charge < -0.3 is 10.2 Å². The first kappa shape index (κ1) is 35.9. The predicted octanol–water partition coefficient (Wildman–Crippen LogP) is 1.55. The molecule has 0 bridgehead atoms. The number of hydrogen-bond donors (Lipinski definition) is 2. The van der Waals surface area contributed by atoms with Crippen molar-refractivity contribution in [3.8, 4) is 0 Å². The van der Waals surface area contributed by atoms with E-state index in [1.807, 2.05) is 20.8 Å². The molecule has 13 heteroatoms. The summed E-state index contributed by atoms with van der Waals surface area (Å²) in [6, 6.07) is -0.870. The number of hydrogen-bond acceptors (Lipinski definition) is 8. The van der Waals surface area contributed by atoms with Crippen LogP contribution in [0, 0.1) is 16.2 Å². The maximum Gasteiger partial charge on any atom is 0.336 e. The molecular formula is C30H49N5O8. The van der Waals surface area contributed by atoms with Gasteiger partial charge in [-0.2, -0.15) is 0 Å². The van der Waals surface area contributed by atoms with Crippen LogP contribution in [0.15, 0.2) is 27.0 Å². The van der Waals surface area contributed by atoms with Gasteiger partial charge in [0.2, 0.25) is 11.8 Å². The van der Waals surface area contributed by atoms with Crippen LogP contribution >= 0.6 is 0 Å². The lowest BCUT2D eigenvalue weighted by Gasteiger charge is -2.45. The zero-order valence-electron chi connectivity index (χ0n) is 26.9. The van der Waals surface area contributed by atoms with Crippen LogP contribution in [0.2, 0.25) is 0 Å². The van der Waals surface area contributed by atoms with Crippen molar-refractivity contribution in [3.63, 3.8) is 0 Å². The van der Waals surface area contributed by atoms with Crippen LogP contribution in [0.4, 0.5) is 4.79 Å². The van der Waals surface area contributed by atoms with Crippen molar-refractivity contribution in [2.75, 3.05) is 13.1 Å². The van der Waals surface area contributed by atoms with Crippen molar-refractivity contribution >= 4 is 17.8 Å². The molecule has 0 aliphatic carbocycles. The molecule has 1 aromatic rings. The van der Waals surface area contributed by atoms with Gasteiger partial charge in [-0.1, -0.05) is 67.9 Å². The minimum Gasteiger partial charge on any atom is -0.391 e. The summed E-state index contributed by atoms with van der Waals surface area (Å²) in [6.07, 6.45) is 0.405. The Balaban J connectivity index is 2.55. The molecule has 2 heterocycles. The van der Waals surface area contributed by atoms with E-state index in [-0.39, 0.29) is 25.9 Å². The lowest BCUT2D eigenvalue weighted by atomic mass is 9.77. The largest absolute Gasteiger partial charge is 0.391 e. The summed E-state index contributed by atoms with van der Waals surface area (Å²) in [5.41, 5.74) is -5.62. The van der Waals surface area contributed by atoms with Crippen LogP contribution in [-0.2, 0) is 29.2 Å². The molecule has 1 fully saturated rings. The zero-order valence-corrected chi connectivity index (χ0v) is 26.9. The van der Waals surface area contributed by atoms with E-state index < -0.39 is 83.0 Å². The SMILES string of the molecule is C=CCn1c(=O)n(CC(O)CN2C(=O)N(CC(C)(C)CCC)C(=O)C(CC)(CC)C2=O)c(=O)n(CC(O)C(C)(C)C)c1=O. The number of imide groups is 2. The van der Waals surface area contributed by atoms with E-state index in [2.05, 4.69) is 6.58 Å². The molecule has 2 atom stereocenters. The number of carbonyl (C=O) groups is 3. The summed E-state index contributed by atoms with van der Waals surface area (Å²) in [5, 5.41) is 21.7. The molecule has 2 rings (SSSR count). The predicted molar refractivity (Wildman–Crippen MR) is 161 cm³/mol. The van der Waals surface area contributed by atoms with E-state index >= 15 is 0 Å². The topological polar surface area (TPSA) is 164 Å². The first-order valence-electron chi connectivity index (χ1n) is 14.9. The third kappa shape index (κ3) is 7.26. The molecule has 2 N–H and O–H groups in total. The molecule has 4 amide bonds. The quantitative estimate of drug-likeness (QED) is 0.238. The molecule has 43 heavy (non-hydrogen) atoms. The van der Waals surface area contributed by atoms with E-state index in [9.17, 15) is 39.0 Å². The summed E-state index contributed by atoms with van der Waals surface area (Å²) in [4.78, 5) is 82.3. The fourth-order valence-corrected chi connectivity index (χ4v) is 5.47.